The summed E-state index contributed by atoms with van der Waals surface area (Å²) in [5, 5.41) is 7.75. The molecular formula is C16H24FN3O3. The normalized spacial score (nSPS) is 11.7. The molecular weight excluding hydrogens is 301 g/mol. The maximum Gasteiger partial charge on any atom is 0.407 e. The summed E-state index contributed by atoms with van der Waals surface area (Å²) in [7, 11) is 0. The minimum atomic E-state index is -0.533. The molecule has 0 bridgehead atoms. The molecule has 1 aromatic carbocycles. The first-order chi connectivity index (χ1) is 10.9. The third-order valence-electron chi connectivity index (χ3n) is 2.98. The van der Waals surface area contributed by atoms with Crippen molar-refractivity contribution in [3.63, 3.8) is 0 Å². The molecule has 1 atom stereocenters. The van der Waals surface area contributed by atoms with E-state index in [2.05, 4.69) is 16.0 Å². The van der Waals surface area contributed by atoms with Crippen LogP contribution in [0.25, 0.3) is 0 Å². The van der Waals surface area contributed by atoms with Crippen LogP contribution in [0.1, 0.15) is 27.2 Å². The summed E-state index contributed by atoms with van der Waals surface area (Å²) in [6.07, 6.45) is 0.160. The highest BCUT2D eigenvalue weighted by Crippen LogP contribution is 2.12. The Morgan fingerprint density at radius 3 is 2.57 bits per heavy atom. The number of amides is 3. The van der Waals surface area contributed by atoms with Crippen molar-refractivity contribution >= 4 is 17.8 Å². The van der Waals surface area contributed by atoms with E-state index in [1.165, 1.54) is 12.1 Å². The fourth-order valence-corrected chi connectivity index (χ4v) is 2.05. The maximum atomic E-state index is 13.5. The Bertz CT molecular complexity index is 523. The molecule has 3 N–H and O–H groups in total. The van der Waals surface area contributed by atoms with Crippen LogP contribution < -0.4 is 16.0 Å². The summed E-state index contributed by atoms with van der Waals surface area (Å²) in [6.45, 7) is 6.24. The molecule has 23 heavy (non-hydrogen) atoms. The van der Waals surface area contributed by atoms with E-state index >= 15 is 0 Å². The molecule has 0 aliphatic heterocycles. The molecule has 128 valence electrons. The lowest BCUT2D eigenvalue weighted by atomic mass is 10.0. The van der Waals surface area contributed by atoms with Gasteiger partial charge in [-0.25, -0.2) is 14.0 Å². The summed E-state index contributed by atoms with van der Waals surface area (Å²) in [5.74, 6) is -0.176. The number of carbonyl (C=O) groups excluding carboxylic acids is 2. The fourth-order valence-electron chi connectivity index (χ4n) is 2.05. The van der Waals surface area contributed by atoms with Gasteiger partial charge in [-0.1, -0.05) is 26.0 Å². The number of para-hydroxylation sites is 1. The number of hydrogen-bond donors (Lipinski definition) is 3. The summed E-state index contributed by atoms with van der Waals surface area (Å²) < 4.78 is 18.3. The molecule has 6 nitrogen and oxygen atoms in total. The molecule has 0 aromatic heterocycles. The van der Waals surface area contributed by atoms with Crippen molar-refractivity contribution in [2.45, 2.75) is 33.2 Å². The van der Waals surface area contributed by atoms with E-state index in [-0.39, 0.29) is 24.9 Å². The van der Waals surface area contributed by atoms with Crippen LogP contribution in [0.2, 0.25) is 0 Å². The summed E-state index contributed by atoms with van der Waals surface area (Å²) in [4.78, 5) is 23.3. The van der Waals surface area contributed by atoms with Crippen LogP contribution in [0.3, 0.4) is 0 Å². The quantitative estimate of drug-likeness (QED) is 0.720. The lowest BCUT2D eigenvalue weighted by molar-refractivity contribution is 0.146. The predicted octanol–water partition coefficient (Wildman–Crippen LogP) is 3.11. The second-order valence-corrected chi connectivity index (χ2v) is 5.51. The first-order valence-electron chi connectivity index (χ1n) is 7.65. The number of benzene rings is 1. The molecule has 0 aliphatic carbocycles. The van der Waals surface area contributed by atoms with Gasteiger partial charge in [0.25, 0.3) is 0 Å². The number of halogens is 1. The zero-order chi connectivity index (χ0) is 17.2. The van der Waals surface area contributed by atoms with Crippen molar-refractivity contribution < 1.29 is 18.7 Å². The van der Waals surface area contributed by atoms with Gasteiger partial charge in [0, 0.05) is 12.6 Å². The second kappa shape index (κ2) is 9.66. The van der Waals surface area contributed by atoms with Crippen LogP contribution in [-0.4, -0.2) is 31.3 Å². The van der Waals surface area contributed by atoms with Gasteiger partial charge in [0.15, 0.2) is 0 Å². The third-order valence-corrected chi connectivity index (χ3v) is 2.98. The molecule has 7 heteroatoms. The van der Waals surface area contributed by atoms with Crippen LogP contribution in [0.15, 0.2) is 24.3 Å². The summed E-state index contributed by atoms with van der Waals surface area (Å²) >= 11 is 0. The highest BCUT2D eigenvalue weighted by Gasteiger charge is 2.16. The zero-order valence-corrected chi connectivity index (χ0v) is 13.7. The molecule has 0 unspecified atom stereocenters. The van der Waals surface area contributed by atoms with Crippen molar-refractivity contribution in [2.24, 2.45) is 5.92 Å². The molecule has 0 spiro atoms. The van der Waals surface area contributed by atoms with Crippen LogP contribution in [-0.2, 0) is 4.74 Å². The van der Waals surface area contributed by atoms with Crippen molar-refractivity contribution in [3.8, 4) is 0 Å². The Kier molecular flexibility index (Phi) is 7.87. The van der Waals surface area contributed by atoms with Gasteiger partial charge < -0.3 is 20.7 Å². The Hall–Kier alpha value is -2.31. The van der Waals surface area contributed by atoms with Gasteiger partial charge in [0.2, 0.25) is 0 Å². The van der Waals surface area contributed by atoms with Crippen LogP contribution in [0, 0.1) is 11.7 Å². The van der Waals surface area contributed by atoms with Gasteiger partial charge in [0.05, 0.1) is 12.3 Å². The Morgan fingerprint density at radius 2 is 1.96 bits per heavy atom. The lowest BCUT2D eigenvalue weighted by Crippen LogP contribution is -2.45. The first kappa shape index (κ1) is 18.7. The van der Waals surface area contributed by atoms with E-state index in [9.17, 15) is 14.0 Å². The monoisotopic (exact) mass is 325 g/mol. The summed E-state index contributed by atoms with van der Waals surface area (Å²) in [6, 6.07) is 5.11. The number of hydrogen-bond acceptors (Lipinski definition) is 3. The number of anilines is 1. The minimum Gasteiger partial charge on any atom is -0.450 e. The summed E-state index contributed by atoms with van der Waals surface area (Å²) in [5.41, 5.74) is 0.101. The Balaban J connectivity index is 2.51. The maximum absolute atomic E-state index is 13.5. The van der Waals surface area contributed by atoms with E-state index in [1.54, 1.807) is 19.1 Å². The highest BCUT2D eigenvalue weighted by atomic mass is 19.1. The average Bonchev–Trinajstić information content (AvgIpc) is 2.47. The van der Waals surface area contributed by atoms with E-state index in [1.807, 2.05) is 13.8 Å². The molecule has 1 rings (SSSR count). The lowest BCUT2D eigenvalue weighted by Gasteiger charge is -2.21. The highest BCUT2D eigenvalue weighted by molar-refractivity contribution is 5.89. The number of ether oxygens (including phenoxy) is 1. The van der Waals surface area contributed by atoms with Crippen molar-refractivity contribution in [1.29, 1.82) is 0 Å². The zero-order valence-electron chi connectivity index (χ0n) is 13.7. The van der Waals surface area contributed by atoms with Gasteiger partial charge in [-0.15, -0.1) is 0 Å². The van der Waals surface area contributed by atoms with Crippen LogP contribution in [0.5, 0.6) is 0 Å². The van der Waals surface area contributed by atoms with E-state index in [0.29, 0.717) is 12.3 Å². The number of rotatable bonds is 7. The SMILES string of the molecule is CCOC(=O)N[C@H](CNC(=O)Nc1ccccc1F)CC(C)C. The molecule has 0 saturated carbocycles. The first-order valence-corrected chi connectivity index (χ1v) is 7.65. The minimum absolute atomic E-state index is 0.101. The van der Waals surface area contributed by atoms with Crippen LogP contribution >= 0.6 is 0 Å². The van der Waals surface area contributed by atoms with Crippen molar-refractivity contribution in [2.75, 3.05) is 18.5 Å². The molecule has 3 amide bonds. The number of nitrogens with one attached hydrogen (secondary N) is 3. The number of carbonyl (C=O) groups is 2. The molecule has 0 radical (unpaired) electrons. The smallest absolute Gasteiger partial charge is 0.407 e. The van der Waals surface area contributed by atoms with Gasteiger partial charge in [0.1, 0.15) is 5.82 Å². The van der Waals surface area contributed by atoms with E-state index < -0.39 is 17.9 Å². The number of urea groups is 1. The molecule has 0 fully saturated rings. The Labute approximate surface area is 135 Å². The van der Waals surface area contributed by atoms with Gasteiger partial charge >= 0.3 is 12.1 Å². The predicted molar refractivity (Wildman–Crippen MR) is 86.8 cm³/mol. The largest absolute Gasteiger partial charge is 0.450 e. The van der Waals surface area contributed by atoms with E-state index in [0.717, 1.165) is 0 Å². The standard InChI is InChI=1S/C16H24FN3O3/c1-4-23-16(22)19-12(9-11(2)3)10-18-15(21)20-14-8-6-5-7-13(14)17/h5-8,11-12H,4,9-10H2,1-3H3,(H,19,22)(H2,18,20,21)/t12-/m0/s1. The Morgan fingerprint density at radius 1 is 1.26 bits per heavy atom. The van der Waals surface area contributed by atoms with Crippen molar-refractivity contribution in [3.05, 3.63) is 30.1 Å². The molecule has 0 heterocycles. The topological polar surface area (TPSA) is 79.5 Å². The van der Waals surface area contributed by atoms with Crippen molar-refractivity contribution in [1.82, 2.24) is 10.6 Å². The molecule has 0 saturated heterocycles. The second-order valence-electron chi connectivity index (χ2n) is 5.51. The number of alkyl carbamates (subject to hydrolysis) is 1. The van der Waals surface area contributed by atoms with Crippen LogP contribution in [0.4, 0.5) is 19.7 Å². The third kappa shape index (κ3) is 7.49. The molecule has 0 aliphatic rings. The van der Waals surface area contributed by atoms with Gasteiger partial charge in [-0.2, -0.15) is 0 Å². The fraction of sp³-hybridized carbons (Fsp3) is 0.500. The van der Waals surface area contributed by atoms with E-state index in [4.69, 9.17) is 4.74 Å². The average molecular weight is 325 g/mol. The van der Waals surface area contributed by atoms with Gasteiger partial charge in [-0.05, 0) is 31.4 Å². The van der Waals surface area contributed by atoms with Gasteiger partial charge in [-0.3, -0.25) is 0 Å². The molecule has 1 aromatic rings.